The van der Waals surface area contributed by atoms with Gasteiger partial charge < -0.3 is 9.84 Å². The lowest BCUT2D eigenvalue weighted by Gasteiger charge is -2.39. The Labute approximate surface area is 149 Å². The smallest absolute Gasteiger partial charge is 0.0900 e. The summed E-state index contributed by atoms with van der Waals surface area (Å²) in [5.41, 5.74) is 1.35. The van der Waals surface area contributed by atoms with Gasteiger partial charge in [-0.3, -0.25) is 4.90 Å². The fourth-order valence-corrected chi connectivity index (χ4v) is 4.61. The summed E-state index contributed by atoms with van der Waals surface area (Å²) in [6.45, 7) is 18.8. The Balaban J connectivity index is 1.79. The van der Waals surface area contributed by atoms with Crippen molar-refractivity contribution in [1.29, 1.82) is 0 Å². The molecular formula is C21H39NO2. The van der Waals surface area contributed by atoms with Crippen molar-refractivity contribution in [1.82, 2.24) is 4.90 Å². The van der Waals surface area contributed by atoms with E-state index in [1.54, 1.807) is 0 Å². The molecule has 1 aliphatic carbocycles. The van der Waals surface area contributed by atoms with Crippen LogP contribution in [0.25, 0.3) is 0 Å². The standard InChI is InChI=1S/C21H39NO2/c1-14(2)20-8-7-15(3)9-21(20)24-13-19(23)12-22-10-16(4)18(6)17(5)11-22/h14-17,19-21,23H,6-13H2,1-5H3. The van der Waals surface area contributed by atoms with E-state index in [0.29, 0.717) is 36.4 Å². The summed E-state index contributed by atoms with van der Waals surface area (Å²) in [6, 6.07) is 0. The van der Waals surface area contributed by atoms with Crippen LogP contribution in [-0.2, 0) is 4.74 Å². The average Bonchev–Trinajstić information content (AvgIpc) is 2.50. The van der Waals surface area contributed by atoms with Crippen LogP contribution in [0, 0.1) is 29.6 Å². The number of aliphatic hydroxyl groups excluding tert-OH is 1. The number of β-amino-alcohol motifs (C(OH)–C–C–N with tert-alkyl or cyclic N) is 1. The Morgan fingerprint density at radius 1 is 1.17 bits per heavy atom. The highest BCUT2D eigenvalue weighted by atomic mass is 16.5. The molecule has 0 aromatic carbocycles. The molecule has 1 heterocycles. The molecule has 0 aromatic rings. The van der Waals surface area contributed by atoms with Crippen molar-refractivity contribution in [2.45, 2.75) is 66.1 Å². The Morgan fingerprint density at radius 2 is 1.79 bits per heavy atom. The predicted octanol–water partition coefficient (Wildman–Crippen LogP) is 3.97. The summed E-state index contributed by atoms with van der Waals surface area (Å²) in [7, 11) is 0. The Hall–Kier alpha value is -0.380. The second-order valence-corrected chi connectivity index (χ2v) is 8.95. The number of aliphatic hydroxyl groups is 1. The van der Waals surface area contributed by atoms with Gasteiger partial charge in [-0.05, 0) is 42.4 Å². The molecule has 2 fully saturated rings. The molecule has 1 saturated carbocycles. The molecule has 1 N–H and O–H groups in total. The fourth-order valence-electron chi connectivity index (χ4n) is 4.61. The van der Waals surface area contributed by atoms with Crippen molar-refractivity contribution < 1.29 is 9.84 Å². The highest BCUT2D eigenvalue weighted by molar-refractivity contribution is 5.08. The summed E-state index contributed by atoms with van der Waals surface area (Å²) >= 11 is 0. The Morgan fingerprint density at radius 3 is 2.38 bits per heavy atom. The number of ether oxygens (including phenoxy) is 1. The second kappa shape index (κ2) is 8.82. The SMILES string of the molecule is C=C1C(C)CN(CC(O)COC2CC(C)CCC2C(C)C)CC1C. The van der Waals surface area contributed by atoms with Gasteiger partial charge in [-0.15, -0.1) is 0 Å². The zero-order valence-corrected chi connectivity index (χ0v) is 16.5. The van der Waals surface area contributed by atoms with Crippen LogP contribution in [0.5, 0.6) is 0 Å². The largest absolute Gasteiger partial charge is 0.389 e. The normalized spacial score (nSPS) is 37.0. The second-order valence-electron chi connectivity index (χ2n) is 8.95. The van der Waals surface area contributed by atoms with Crippen LogP contribution in [-0.4, -0.2) is 48.5 Å². The van der Waals surface area contributed by atoms with Gasteiger partial charge in [-0.1, -0.05) is 53.2 Å². The minimum atomic E-state index is -0.388. The molecule has 3 heteroatoms. The van der Waals surface area contributed by atoms with Crippen LogP contribution in [0.4, 0.5) is 0 Å². The molecule has 0 amide bonds. The lowest BCUT2D eigenvalue weighted by molar-refractivity contribution is -0.0752. The molecule has 1 saturated heterocycles. The Bertz CT molecular complexity index is 395. The average molecular weight is 338 g/mol. The highest BCUT2D eigenvalue weighted by Gasteiger charge is 2.32. The first-order valence-corrected chi connectivity index (χ1v) is 9.98. The summed E-state index contributed by atoms with van der Waals surface area (Å²) in [5, 5.41) is 10.5. The molecular weight excluding hydrogens is 298 g/mol. The quantitative estimate of drug-likeness (QED) is 0.745. The topological polar surface area (TPSA) is 32.7 Å². The highest BCUT2D eigenvalue weighted by Crippen LogP contribution is 2.35. The molecule has 24 heavy (non-hydrogen) atoms. The van der Waals surface area contributed by atoms with E-state index in [-0.39, 0.29) is 6.10 Å². The van der Waals surface area contributed by atoms with Crippen LogP contribution in [0.2, 0.25) is 0 Å². The van der Waals surface area contributed by atoms with E-state index in [9.17, 15) is 5.11 Å². The molecule has 6 atom stereocenters. The van der Waals surface area contributed by atoms with Crippen LogP contribution in [0.15, 0.2) is 12.2 Å². The molecule has 140 valence electrons. The molecule has 0 aromatic heterocycles. The molecule has 3 nitrogen and oxygen atoms in total. The Kier molecular flexibility index (Phi) is 7.33. The van der Waals surface area contributed by atoms with Crippen LogP contribution in [0.1, 0.15) is 53.9 Å². The maximum absolute atomic E-state index is 10.5. The van der Waals surface area contributed by atoms with Gasteiger partial charge in [0.15, 0.2) is 0 Å². The van der Waals surface area contributed by atoms with Gasteiger partial charge in [0.2, 0.25) is 0 Å². The van der Waals surface area contributed by atoms with E-state index < -0.39 is 0 Å². The molecule has 2 rings (SSSR count). The third-order valence-electron chi connectivity index (χ3n) is 6.26. The fraction of sp³-hybridized carbons (Fsp3) is 0.905. The van der Waals surface area contributed by atoms with E-state index in [1.165, 1.54) is 18.4 Å². The minimum absolute atomic E-state index is 0.322. The lowest BCUT2D eigenvalue weighted by atomic mass is 9.75. The van der Waals surface area contributed by atoms with Gasteiger partial charge >= 0.3 is 0 Å². The van der Waals surface area contributed by atoms with Crippen molar-refractivity contribution in [3.63, 3.8) is 0 Å². The van der Waals surface area contributed by atoms with E-state index in [1.807, 2.05) is 0 Å². The number of rotatable bonds is 6. The minimum Gasteiger partial charge on any atom is -0.389 e. The molecule has 0 spiro atoms. The van der Waals surface area contributed by atoms with Gasteiger partial charge in [0.25, 0.3) is 0 Å². The van der Waals surface area contributed by atoms with E-state index >= 15 is 0 Å². The lowest BCUT2D eigenvalue weighted by Crippen LogP contribution is -2.45. The van der Waals surface area contributed by atoms with Crippen LogP contribution >= 0.6 is 0 Å². The van der Waals surface area contributed by atoms with Crippen molar-refractivity contribution in [2.24, 2.45) is 29.6 Å². The van der Waals surface area contributed by atoms with Gasteiger partial charge in [0, 0.05) is 19.6 Å². The molecule has 0 bridgehead atoms. The number of piperidine rings is 1. The van der Waals surface area contributed by atoms with Crippen LogP contribution in [0.3, 0.4) is 0 Å². The van der Waals surface area contributed by atoms with Crippen molar-refractivity contribution >= 4 is 0 Å². The van der Waals surface area contributed by atoms with Gasteiger partial charge in [0.05, 0.1) is 18.8 Å². The van der Waals surface area contributed by atoms with Gasteiger partial charge in [-0.2, -0.15) is 0 Å². The summed E-state index contributed by atoms with van der Waals surface area (Å²) in [5.74, 6) is 3.09. The summed E-state index contributed by atoms with van der Waals surface area (Å²) in [6.07, 6.45) is 3.66. The zero-order chi connectivity index (χ0) is 17.9. The van der Waals surface area contributed by atoms with Crippen molar-refractivity contribution in [3.8, 4) is 0 Å². The number of hydrogen-bond acceptors (Lipinski definition) is 3. The first kappa shape index (κ1) is 19.9. The number of nitrogens with zero attached hydrogens (tertiary/aromatic N) is 1. The van der Waals surface area contributed by atoms with Crippen molar-refractivity contribution in [2.75, 3.05) is 26.2 Å². The number of hydrogen-bond donors (Lipinski definition) is 1. The van der Waals surface area contributed by atoms with Gasteiger partial charge in [0.1, 0.15) is 0 Å². The number of likely N-dealkylation sites (tertiary alicyclic amines) is 1. The van der Waals surface area contributed by atoms with E-state index in [0.717, 1.165) is 32.0 Å². The third-order valence-corrected chi connectivity index (χ3v) is 6.26. The maximum atomic E-state index is 10.5. The molecule has 0 radical (unpaired) electrons. The molecule has 1 aliphatic heterocycles. The van der Waals surface area contributed by atoms with E-state index in [4.69, 9.17) is 4.74 Å². The van der Waals surface area contributed by atoms with Crippen molar-refractivity contribution in [3.05, 3.63) is 12.2 Å². The zero-order valence-electron chi connectivity index (χ0n) is 16.5. The first-order chi connectivity index (χ1) is 11.3. The maximum Gasteiger partial charge on any atom is 0.0900 e. The predicted molar refractivity (Wildman–Crippen MR) is 101 cm³/mol. The monoisotopic (exact) mass is 337 g/mol. The van der Waals surface area contributed by atoms with Gasteiger partial charge in [-0.25, -0.2) is 0 Å². The molecule has 2 aliphatic rings. The van der Waals surface area contributed by atoms with E-state index in [2.05, 4.69) is 46.1 Å². The first-order valence-electron chi connectivity index (χ1n) is 9.98. The van der Waals surface area contributed by atoms with Crippen LogP contribution < -0.4 is 0 Å². The summed E-state index contributed by atoms with van der Waals surface area (Å²) < 4.78 is 6.21. The molecule has 6 unspecified atom stereocenters. The summed E-state index contributed by atoms with van der Waals surface area (Å²) in [4.78, 5) is 2.38. The third kappa shape index (κ3) is 5.31.